The lowest BCUT2D eigenvalue weighted by Gasteiger charge is -2.20. The fourth-order valence-corrected chi connectivity index (χ4v) is 2.84. The summed E-state index contributed by atoms with van der Waals surface area (Å²) in [7, 11) is 0. The van der Waals surface area contributed by atoms with Crippen molar-refractivity contribution >= 4 is 11.9 Å². The van der Waals surface area contributed by atoms with Crippen LogP contribution in [-0.4, -0.2) is 22.2 Å². The molecule has 2 aliphatic carbocycles. The fourth-order valence-electron chi connectivity index (χ4n) is 2.84. The van der Waals surface area contributed by atoms with Crippen molar-refractivity contribution in [3.8, 4) is 0 Å². The summed E-state index contributed by atoms with van der Waals surface area (Å²) >= 11 is 0. The van der Waals surface area contributed by atoms with Gasteiger partial charge in [0.25, 0.3) is 0 Å². The van der Waals surface area contributed by atoms with Crippen molar-refractivity contribution in [1.82, 2.24) is 0 Å². The van der Waals surface area contributed by atoms with E-state index < -0.39 is 17.9 Å². The Bertz CT molecular complexity index is 318. The van der Waals surface area contributed by atoms with Crippen LogP contribution >= 0.6 is 0 Å². The van der Waals surface area contributed by atoms with Gasteiger partial charge in [-0.05, 0) is 36.7 Å². The van der Waals surface area contributed by atoms with Gasteiger partial charge in [-0.3, -0.25) is 4.79 Å². The SMILES string of the molecule is O=C(O)/C=C1/[C@H]2CC[C@H](C2)[C@H]1C(=O)O. The zero-order valence-electron chi connectivity index (χ0n) is 7.64. The zero-order valence-corrected chi connectivity index (χ0v) is 7.64. The summed E-state index contributed by atoms with van der Waals surface area (Å²) in [6, 6.07) is 0. The molecule has 3 atom stereocenters. The summed E-state index contributed by atoms with van der Waals surface area (Å²) < 4.78 is 0. The minimum Gasteiger partial charge on any atom is -0.481 e. The van der Waals surface area contributed by atoms with E-state index in [4.69, 9.17) is 10.2 Å². The Morgan fingerprint density at radius 2 is 2.00 bits per heavy atom. The maximum absolute atomic E-state index is 10.9. The van der Waals surface area contributed by atoms with Crippen LogP contribution in [-0.2, 0) is 9.59 Å². The Labute approximate surface area is 81.2 Å². The predicted octanol–water partition coefficient (Wildman–Crippen LogP) is 1.13. The maximum Gasteiger partial charge on any atom is 0.328 e. The highest BCUT2D eigenvalue weighted by atomic mass is 16.4. The highest BCUT2D eigenvalue weighted by molar-refractivity contribution is 5.84. The Hall–Kier alpha value is -1.32. The molecule has 4 heteroatoms. The average Bonchev–Trinajstić information content (AvgIpc) is 2.61. The number of rotatable bonds is 2. The van der Waals surface area contributed by atoms with Gasteiger partial charge in [-0.2, -0.15) is 0 Å². The molecule has 2 fully saturated rings. The molecule has 0 aliphatic heterocycles. The van der Waals surface area contributed by atoms with Crippen molar-refractivity contribution in [1.29, 1.82) is 0 Å². The third kappa shape index (κ3) is 1.31. The quantitative estimate of drug-likeness (QED) is 0.649. The number of carboxylic acid groups (broad SMARTS) is 2. The lowest BCUT2D eigenvalue weighted by Crippen LogP contribution is -2.23. The number of fused-ring (bicyclic) bond motifs is 2. The summed E-state index contributed by atoms with van der Waals surface area (Å²) in [4.78, 5) is 21.5. The molecule has 2 rings (SSSR count). The Morgan fingerprint density at radius 3 is 2.57 bits per heavy atom. The van der Waals surface area contributed by atoms with Crippen LogP contribution in [0.25, 0.3) is 0 Å². The molecule has 4 nitrogen and oxygen atoms in total. The molecule has 2 N–H and O–H groups in total. The zero-order chi connectivity index (χ0) is 10.3. The van der Waals surface area contributed by atoms with Crippen molar-refractivity contribution in [2.24, 2.45) is 17.8 Å². The van der Waals surface area contributed by atoms with E-state index in [1.54, 1.807) is 0 Å². The molecule has 0 aromatic carbocycles. The van der Waals surface area contributed by atoms with Gasteiger partial charge < -0.3 is 10.2 Å². The highest BCUT2D eigenvalue weighted by Gasteiger charge is 2.47. The Balaban J connectivity index is 2.30. The van der Waals surface area contributed by atoms with E-state index in [2.05, 4.69) is 0 Å². The second-order valence-electron chi connectivity index (χ2n) is 4.07. The third-order valence-corrected chi connectivity index (χ3v) is 3.33. The molecule has 0 unspecified atom stereocenters. The first-order valence-corrected chi connectivity index (χ1v) is 4.77. The van der Waals surface area contributed by atoms with Crippen LogP contribution in [0.3, 0.4) is 0 Å². The van der Waals surface area contributed by atoms with Gasteiger partial charge in [0.2, 0.25) is 0 Å². The second kappa shape index (κ2) is 3.12. The molecular formula is C10H12O4. The summed E-state index contributed by atoms with van der Waals surface area (Å²) in [5, 5.41) is 17.6. The minimum atomic E-state index is -1.03. The molecule has 2 aliphatic rings. The van der Waals surface area contributed by atoms with E-state index in [-0.39, 0.29) is 11.8 Å². The first kappa shape index (κ1) is 9.24. The van der Waals surface area contributed by atoms with Crippen molar-refractivity contribution in [2.45, 2.75) is 19.3 Å². The monoisotopic (exact) mass is 196 g/mol. The molecule has 76 valence electrons. The van der Waals surface area contributed by atoms with E-state index >= 15 is 0 Å². The van der Waals surface area contributed by atoms with Crippen LogP contribution < -0.4 is 0 Å². The molecule has 0 saturated heterocycles. The third-order valence-electron chi connectivity index (χ3n) is 3.33. The standard InChI is InChI=1S/C10H12O4/c11-8(12)4-7-5-1-2-6(3-5)9(7)10(13)14/h4-6,9H,1-3H2,(H,11,12)(H,13,14)/b7-4-/t5-,6+,9+/m0/s1. The van der Waals surface area contributed by atoms with Crippen LogP contribution in [0, 0.1) is 17.8 Å². The highest BCUT2D eigenvalue weighted by Crippen LogP contribution is 2.51. The van der Waals surface area contributed by atoms with Crippen LogP contribution in [0.1, 0.15) is 19.3 Å². The summed E-state index contributed by atoms with van der Waals surface area (Å²) in [6.45, 7) is 0. The number of hydrogen-bond donors (Lipinski definition) is 2. The largest absolute Gasteiger partial charge is 0.481 e. The molecule has 0 radical (unpaired) electrons. The van der Waals surface area contributed by atoms with Crippen molar-refractivity contribution in [2.75, 3.05) is 0 Å². The average molecular weight is 196 g/mol. The molecule has 2 bridgehead atoms. The molecule has 0 heterocycles. The molecule has 0 amide bonds. The van der Waals surface area contributed by atoms with E-state index in [0.29, 0.717) is 5.57 Å². The Kier molecular flexibility index (Phi) is 2.06. The number of carbonyl (C=O) groups is 2. The van der Waals surface area contributed by atoms with Gasteiger partial charge in [0.15, 0.2) is 0 Å². The van der Waals surface area contributed by atoms with E-state index in [9.17, 15) is 9.59 Å². The Morgan fingerprint density at radius 1 is 1.29 bits per heavy atom. The van der Waals surface area contributed by atoms with Gasteiger partial charge in [0.1, 0.15) is 0 Å². The van der Waals surface area contributed by atoms with Crippen LogP contribution in [0.5, 0.6) is 0 Å². The molecule has 14 heavy (non-hydrogen) atoms. The molecule has 0 aromatic rings. The van der Waals surface area contributed by atoms with Crippen molar-refractivity contribution in [3.05, 3.63) is 11.6 Å². The molecule has 0 aromatic heterocycles. The van der Waals surface area contributed by atoms with E-state index in [0.717, 1.165) is 25.3 Å². The van der Waals surface area contributed by atoms with Crippen LogP contribution in [0.15, 0.2) is 11.6 Å². The smallest absolute Gasteiger partial charge is 0.328 e. The van der Waals surface area contributed by atoms with E-state index in [1.165, 1.54) is 0 Å². The fraction of sp³-hybridized carbons (Fsp3) is 0.600. The first-order valence-electron chi connectivity index (χ1n) is 4.77. The lowest BCUT2D eigenvalue weighted by molar-refractivity contribution is -0.141. The van der Waals surface area contributed by atoms with Crippen molar-refractivity contribution < 1.29 is 19.8 Å². The van der Waals surface area contributed by atoms with Gasteiger partial charge in [0.05, 0.1) is 5.92 Å². The minimum absolute atomic E-state index is 0.170. The van der Waals surface area contributed by atoms with Crippen LogP contribution in [0.2, 0.25) is 0 Å². The molecule has 0 spiro atoms. The summed E-state index contributed by atoms with van der Waals surface area (Å²) in [5.41, 5.74) is 0.626. The normalized spacial score (nSPS) is 37.7. The number of carboxylic acids is 2. The lowest BCUT2D eigenvalue weighted by atomic mass is 9.84. The number of aliphatic carboxylic acids is 2. The summed E-state index contributed by atoms with van der Waals surface area (Å²) in [6.07, 6.45) is 3.84. The molecular weight excluding hydrogens is 184 g/mol. The summed E-state index contributed by atoms with van der Waals surface area (Å²) in [5.74, 6) is -2.06. The number of hydrogen-bond acceptors (Lipinski definition) is 2. The van der Waals surface area contributed by atoms with Gasteiger partial charge in [-0.25, -0.2) is 4.79 Å². The van der Waals surface area contributed by atoms with Crippen LogP contribution in [0.4, 0.5) is 0 Å². The van der Waals surface area contributed by atoms with Gasteiger partial charge in [-0.15, -0.1) is 0 Å². The first-order chi connectivity index (χ1) is 6.59. The van der Waals surface area contributed by atoms with Gasteiger partial charge in [-0.1, -0.05) is 0 Å². The maximum atomic E-state index is 10.9. The van der Waals surface area contributed by atoms with E-state index in [1.807, 2.05) is 0 Å². The van der Waals surface area contributed by atoms with Crippen molar-refractivity contribution in [3.63, 3.8) is 0 Å². The van der Waals surface area contributed by atoms with Gasteiger partial charge >= 0.3 is 11.9 Å². The predicted molar refractivity (Wildman–Crippen MR) is 47.7 cm³/mol. The van der Waals surface area contributed by atoms with Gasteiger partial charge in [0, 0.05) is 6.08 Å². The molecule has 2 saturated carbocycles. The topological polar surface area (TPSA) is 74.6 Å². The second-order valence-corrected chi connectivity index (χ2v) is 4.07.